The van der Waals surface area contributed by atoms with Crippen molar-refractivity contribution >= 4 is 23.1 Å². The van der Waals surface area contributed by atoms with Gasteiger partial charge >= 0.3 is 0 Å². The number of aromatic hydroxyl groups is 1. The first kappa shape index (κ1) is 20.1. The summed E-state index contributed by atoms with van der Waals surface area (Å²) in [5, 5.41) is 24.6. The molecule has 2 aromatic rings. The van der Waals surface area contributed by atoms with Crippen LogP contribution in [0.1, 0.15) is 31.3 Å². The van der Waals surface area contributed by atoms with Crippen LogP contribution in [0.5, 0.6) is 5.75 Å². The zero-order valence-electron chi connectivity index (χ0n) is 16.2. The maximum atomic E-state index is 12.3. The van der Waals surface area contributed by atoms with Gasteiger partial charge < -0.3 is 20.6 Å². The lowest BCUT2D eigenvalue weighted by molar-refractivity contribution is 0.0814. The fourth-order valence-corrected chi connectivity index (χ4v) is 2.28. The van der Waals surface area contributed by atoms with Gasteiger partial charge in [0, 0.05) is 27.2 Å². The van der Waals surface area contributed by atoms with Gasteiger partial charge in [-0.05, 0) is 12.8 Å². The number of H-pyrrole nitrogens is 2. The highest BCUT2D eigenvalue weighted by molar-refractivity contribution is 5.97. The third-order valence-electron chi connectivity index (χ3n) is 4.24. The molecule has 1 atom stereocenters. The van der Waals surface area contributed by atoms with Crippen molar-refractivity contribution in [2.24, 2.45) is 13.0 Å². The topological polar surface area (TPSA) is 148 Å². The monoisotopic (exact) mass is 379 g/mol. The first-order valence-corrected chi connectivity index (χ1v) is 8.40. The molecule has 0 unspecified atom stereocenters. The van der Waals surface area contributed by atoms with E-state index in [-0.39, 0.29) is 34.8 Å². The molecule has 11 nitrogen and oxygen atoms in total. The zero-order chi connectivity index (χ0) is 20.5. The van der Waals surface area contributed by atoms with Crippen molar-refractivity contribution < 1.29 is 9.90 Å². The van der Waals surface area contributed by atoms with Crippen molar-refractivity contribution in [1.82, 2.24) is 24.9 Å². The van der Waals surface area contributed by atoms with E-state index in [9.17, 15) is 19.5 Å². The van der Waals surface area contributed by atoms with E-state index in [2.05, 4.69) is 25.9 Å². The fraction of sp³-hybridized carbons (Fsp3) is 0.500. The Balaban J connectivity index is 2.51. The summed E-state index contributed by atoms with van der Waals surface area (Å²) in [4.78, 5) is 38.0. The molecule has 1 amide bonds. The van der Waals surface area contributed by atoms with Crippen LogP contribution in [0.3, 0.4) is 0 Å². The average Bonchev–Trinajstić information content (AvgIpc) is 2.86. The van der Waals surface area contributed by atoms with Gasteiger partial charge in [0.2, 0.25) is 0 Å². The molecule has 0 radical (unpaired) electrons. The minimum absolute atomic E-state index is 0.0190. The van der Waals surface area contributed by atoms with Crippen LogP contribution in [-0.2, 0) is 7.05 Å². The van der Waals surface area contributed by atoms with Gasteiger partial charge in [0.1, 0.15) is 11.4 Å². The van der Waals surface area contributed by atoms with Crippen molar-refractivity contribution in [3.63, 3.8) is 0 Å². The molecule has 148 valence electrons. The van der Waals surface area contributed by atoms with Crippen LogP contribution in [0.25, 0.3) is 0 Å². The van der Waals surface area contributed by atoms with Gasteiger partial charge in [-0.1, -0.05) is 13.8 Å². The van der Waals surface area contributed by atoms with Crippen LogP contribution < -0.4 is 21.8 Å². The van der Waals surface area contributed by atoms with E-state index in [0.29, 0.717) is 0 Å². The molecule has 0 fully saturated rings. The van der Waals surface area contributed by atoms with E-state index in [0.717, 1.165) is 0 Å². The number of anilines is 3. The quantitative estimate of drug-likeness (QED) is 0.488. The van der Waals surface area contributed by atoms with Gasteiger partial charge in [0.15, 0.2) is 17.3 Å². The average molecular weight is 379 g/mol. The van der Waals surface area contributed by atoms with Crippen molar-refractivity contribution in [2.75, 3.05) is 24.7 Å². The summed E-state index contributed by atoms with van der Waals surface area (Å²) in [5.41, 5.74) is -1.29. The smallest absolute Gasteiger partial charge is 0.288 e. The third kappa shape index (κ3) is 3.96. The van der Waals surface area contributed by atoms with E-state index in [1.807, 2.05) is 20.8 Å². The summed E-state index contributed by atoms with van der Waals surface area (Å²) in [6.45, 7) is 5.81. The van der Waals surface area contributed by atoms with Gasteiger partial charge in [-0.25, -0.2) is 0 Å². The lowest BCUT2D eigenvalue weighted by Crippen LogP contribution is -2.31. The second-order valence-corrected chi connectivity index (χ2v) is 6.83. The molecular weight excluding hydrogens is 354 g/mol. The predicted octanol–water partition coefficient (Wildman–Crippen LogP) is 0.404. The third-order valence-corrected chi connectivity index (χ3v) is 4.24. The first-order chi connectivity index (χ1) is 12.5. The second-order valence-electron chi connectivity index (χ2n) is 6.83. The van der Waals surface area contributed by atoms with E-state index < -0.39 is 22.8 Å². The Hall–Kier alpha value is -3.24. The molecule has 2 rings (SSSR count). The largest absolute Gasteiger partial charge is 0.503 e. The Labute approximate surface area is 155 Å². The standard InChI is InChI=1S/C16H25N7O4/c1-7(2)8(3)17-9-10(15(26)20-19-14(9)25)18-13-12(24)11(23(6)21-13)16(27)22(4)5/h7-8,24H,1-6H3,(H2,17,20,26)(H2,18,19,21,25)/t8-/m0/s1. The summed E-state index contributed by atoms with van der Waals surface area (Å²) in [5.74, 6) is -0.788. The molecule has 0 aromatic carbocycles. The number of hydrogen-bond donors (Lipinski definition) is 5. The summed E-state index contributed by atoms with van der Waals surface area (Å²) < 4.78 is 1.20. The van der Waals surface area contributed by atoms with Crippen LogP contribution >= 0.6 is 0 Å². The number of carbonyl (C=O) groups excluding carboxylic acids is 1. The van der Waals surface area contributed by atoms with Gasteiger partial charge in [-0.15, -0.1) is 0 Å². The highest BCUT2D eigenvalue weighted by Crippen LogP contribution is 2.30. The number of hydrogen-bond acceptors (Lipinski definition) is 7. The summed E-state index contributed by atoms with van der Waals surface area (Å²) in [7, 11) is 4.57. The molecule has 0 bridgehead atoms. The molecule has 0 aliphatic heterocycles. The SMILES string of the molecule is CC(C)[C@H](C)Nc1c(Nc2nn(C)c(C(=O)N(C)C)c2O)c(=O)[nH][nH]c1=O. The van der Waals surface area contributed by atoms with Crippen molar-refractivity contribution in [3.05, 3.63) is 26.4 Å². The highest BCUT2D eigenvalue weighted by atomic mass is 16.3. The maximum Gasteiger partial charge on any atom is 0.288 e. The van der Waals surface area contributed by atoms with Crippen LogP contribution in [0.15, 0.2) is 9.59 Å². The van der Waals surface area contributed by atoms with Crippen molar-refractivity contribution in [1.29, 1.82) is 0 Å². The molecule has 0 saturated heterocycles. The Morgan fingerprint density at radius 1 is 1.15 bits per heavy atom. The molecule has 0 saturated carbocycles. The van der Waals surface area contributed by atoms with Crippen molar-refractivity contribution in [3.8, 4) is 5.75 Å². The molecule has 0 spiro atoms. The van der Waals surface area contributed by atoms with Gasteiger partial charge in [0.05, 0.1) is 0 Å². The number of aromatic nitrogens is 4. The summed E-state index contributed by atoms with van der Waals surface area (Å²) in [6.07, 6.45) is 0. The summed E-state index contributed by atoms with van der Waals surface area (Å²) >= 11 is 0. The number of rotatable bonds is 6. The van der Waals surface area contributed by atoms with Crippen molar-refractivity contribution in [2.45, 2.75) is 26.8 Å². The number of amides is 1. The highest BCUT2D eigenvalue weighted by Gasteiger charge is 2.25. The lowest BCUT2D eigenvalue weighted by atomic mass is 10.1. The van der Waals surface area contributed by atoms with E-state index >= 15 is 0 Å². The molecule has 27 heavy (non-hydrogen) atoms. The Bertz CT molecular complexity index is 955. The Morgan fingerprint density at radius 3 is 2.22 bits per heavy atom. The van der Waals surface area contributed by atoms with E-state index in [4.69, 9.17) is 0 Å². The Morgan fingerprint density at radius 2 is 1.70 bits per heavy atom. The van der Waals surface area contributed by atoms with Crippen LogP contribution in [0.4, 0.5) is 17.2 Å². The number of carbonyl (C=O) groups is 1. The summed E-state index contributed by atoms with van der Waals surface area (Å²) in [6, 6.07) is -0.100. The second kappa shape index (κ2) is 7.56. The molecule has 2 aromatic heterocycles. The van der Waals surface area contributed by atoms with E-state index in [1.165, 1.54) is 16.6 Å². The minimum atomic E-state index is -0.612. The molecule has 5 N–H and O–H groups in total. The van der Waals surface area contributed by atoms with Crippen LogP contribution in [0, 0.1) is 5.92 Å². The molecule has 11 heteroatoms. The number of aromatic amines is 2. The fourth-order valence-electron chi connectivity index (χ4n) is 2.28. The molecule has 2 heterocycles. The van der Waals surface area contributed by atoms with Gasteiger partial charge in [-0.2, -0.15) is 5.10 Å². The number of nitrogens with one attached hydrogen (secondary N) is 4. The normalized spacial score (nSPS) is 12.1. The van der Waals surface area contributed by atoms with Gasteiger partial charge in [0.25, 0.3) is 17.0 Å². The Kier molecular flexibility index (Phi) is 5.62. The molecular formula is C16H25N7O4. The maximum absolute atomic E-state index is 12.3. The number of aryl methyl sites for hydroxylation is 1. The minimum Gasteiger partial charge on any atom is -0.503 e. The predicted molar refractivity (Wildman–Crippen MR) is 102 cm³/mol. The first-order valence-electron chi connectivity index (χ1n) is 8.40. The lowest BCUT2D eigenvalue weighted by Gasteiger charge is -2.19. The van der Waals surface area contributed by atoms with Gasteiger partial charge in [-0.3, -0.25) is 29.3 Å². The zero-order valence-corrected chi connectivity index (χ0v) is 16.2. The van der Waals surface area contributed by atoms with Crippen LogP contribution in [-0.4, -0.2) is 56.0 Å². The number of nitrogens with zero attached hydrogens (tertiary/aromatic N) is 3. The van der Waals surface area contributed by atoms with Crippen LogP contribution in [0.2, 0.25) is 0 Å². The molecule has 0 aliphatic rings. The molecule has 0 aliphatic carbocycles. The van der Waals surface area contributed by atoms with E-state index in [1.54, 1.807) is 14.1 Å².